The van der Waals surface area contributed by atoms with Gasteiger partial charge in [0.25, 0.3) is 0 Å². The van der Waals surface area contributed by atoms with Crippen molar-refractivity contribution in [3.05, 3.63) is 36.1 Å². The van der Waals surface area contributed by atoms with Crippen LogP contribution >= 0.6 is 0 Å². The largest absolute Gasteiger partial charge is 0.494 e. The van der Waals surface area contributed by atoms with Gasteiger partial charge in [-0.15, -0.1) is 0 Å². The van der Waals surface area contributed by atoms with Gasteiger partial charge in [-0.2, -0.15) is 0 Å². The SMILES string of the molecule is COCCNCCc1ncc(-c2ccc(OC)c(F)c2)o1. The van der Waals surface area contributed by atoms with Crippen LogP contribution in [0.3, 0.4) is 0 Å². The zero-order valence-corrected chi connectivity index (χ0v) is 12.2. The minimum Gasteiger partial charge on any atom is -0.494 e. The lowest BCUT2D eigenvalue weighted by atomic mass is 10.2. The molecule has 1 N–H and O–H groups in total. The van der Waals surface area contributed by atoms with Crippen molar-refractivity contribution in [1.29, 1.82) is 0 Å². The number of hydrogen-bond acceptors (Lipinski definition) is 5. The van der Waals surface area contributed by atoms with Gasteiger partial charge in [0.05, 0.1) is 19.9 Å². The summed E-state index contributed by atoms with van der Waals surface area (Å²) in [5.74, 6) is 0.949. The molecule has 0 aliphatic heterocycles. The van der Waals surface area contributed by atoms with Crippen LogP contribution < -0.4 is 10.1 Å². The van der Waals surface area contributed by atoms with Crippen LogP contribution in [0.5, 0.6) is 5.75 Å². The second kappa shape index (κ2) is 7.75. The molecule has 0 bridgehead atoms. The number of hydrogen-bond donors (Lipinski definition) is 1. The molecule has 21 heavy (non-hydrogen) atoms. The first-order valence-electron chi connectivity index (χ1n) is 6.73. The van der Waals surface area contributed by atoms with E-state index in [4.69, 9.17) is 13.9 Å². The lowest BCUT2D eigenvalue weighted by Gasteiger charge is -2.03. The Morgan fingerprint density at radius 3 is 2.86 bits per heavy atom. The number of oxazole rings is 1. The number of halogens is 1. The van der Waals surface area contributed by atoms with Gasteiger partial charge in [0.1, 0.15) is 0 Å². The van der Waals surface area contributed by atoms with E-state index < -0.39 is 5.82 Å². The normalized spacial score (nSPS) is 10.8. The van der Waals surface area contributed by atoms with E-state index in [0.29, 0.717) is 30.2 Å². The number of nitrogens with zero attached hydrogens (tertiary/aromatic N) is 1. The maximum absolute atomic E-state index is 13.7. The monoisotopic (exact) mass is 294 g/mol. The van der Waals surface area contributed by atoms with Gasteiger partial charge in [0, 0.05) is 32.2 Å². The van der Waals surface area contributed by atoms with Crippen LogP contribution in [0.15, 0.2) is 28.8 Å². The molecule has 114 valence electrons. The summed E-state index contributed by atoms with van der Waals surface area (Å²) in [6.45, 7) is 2.20. The van der Waals surface area contributed by atoms with Gasteiger partial charge in [0.2, 0.25) is 0 Å². The Morgan fingerprint density at radius 1 is 1.29 bits per heavy atom. The summed E-state index contributed by atoms with van der Waals surface area (Å²) in [5, 5.41) is 3.21. The first-order valence-corrected chi connectivity index (χ1v) is 6.73. The van der Waals surface area contributed by atoms with E-state index in [1.807, 2.05) is 0 Å². The highest BCUT2D eigenvalue weighted by Gasteiger charge is 2.09. The molecule has 0 unspecified atom stereocenters. The average molecular weight is 294 g/mol. The van der Waals surface area contributed by atoms with Crippen LogP contribution in [-0.2, 0) is 11.2 Å². The summed E-state index contributed by atoms with van der Waals surface area (Å²) in [6, 6.07) is 4.68. The van der Waals surface area contributed by atoms with Crippen LogP contribution in [0.25, 0.3) is 11.3 Å². The third-order valence-electron chi connectivity index (χ3n) is 2.99. The Bertz CT molecular complexity index is 572. The molecule has 2 aromatic rings. The topological polar surface area (TPSA) is 56.5 Å². The standard InChI is InChI=1S/C15H19FN2O3/c1-19-8-7-17-6-5-15-18-10-14(21-15)11-3-4-13(20-2)12(16)9-11/h3-4,9-10,17H,5-8H2,1-2H3. The average Bonchev–Trinajstić information content (AvgIpc) is 2.96. The molecule has 0 spiro atoms. The fourth-order valence-corrected chi connectivity index (χ4v) is 1.87. The Hall–Kier alpha value is -1.92. The molecule has 0 aliphatic rings. The summed E-state index contributed by atoms with van der Waals surface area (Å²) >= 11 is 0. The first-order chi connectivity index (χ1) is 10.2. The Balaban J connectivity index is 1.94. The smallest absolute Gasteiger partial charge is 0.196 e. The van der Waals surface area contributed by atoms with Crippen LogP contribution in [-0.4, -0.2) is 38.9 Å². The number of rotatable bonds is 8. The van der Waals surface area contributed by atoms with Crippen molar-refractivity contribution in [3.8, 4) is 17.1 Å². The number of benzene rings is 1. The highest BCUT2D eigenvalue weighted by atomic mass is 19.1. The molecule has 0 saturated heterocycles. The van der Waals surface area contributed by atoms with E-state index in [1.54, 1.807) is 25.4 Å². The van der Waals surface area contributed by atoms with Crippen molar-refractivity contribution >= 4 is 0 Å². The third kappa shape index (κ3) is 4.27. The predicted octanol–water partition coefficient (Wildman–Crippen LogP) is 2.27. The van der Waals surface area contributed by atoms with Crippen molar-refractivity contribution in [2.24, 2.45) is 0 Å². The van der Waals surface area contributed by atoms with Crippen molar-refractivity contribution < 1.29 is 18.3 Å². The highest BCUT2D eigenvalue weighted by Crippen LogP contribution is 2.26. The van der Waals surface area contributed by atoms with Gasteiger partial charge in [-0.05, 0) is 18.2 Å². The van der Waals surface area contributed by atoms with E-state index >= 15 is 0 Å². The number of nitrogens with one attached hydrogen (secondary N) is 1. The van der Waals surface area contributed by atoms with Gasteiger partial charge in [-0.1, -0.05) is 0 Å². The van der Waals surface area contributed by atoms with E-state index in [1.165, 1.54) is 13.2 Å². The molecule has 0 atom stereocenters. The summed E-state index contributed by atoms with van der Waals surface area (Å²) in [7, 11) is 3.09. The molecular formula is C15H19FN2O3. The minimum absolute atomic E-state index is 0.209. The second-order valence-electron chi connectivity index (χ2n) is 4.46. The summed E-state index contributed by atoms with van der Waals surface area (Å²) < 4.78 is 29.1. The maximum Gasteiger partial charge on any atom is 0.196 e. The summed E-state index contributed by atoms with van der Waals surface area (Å²) in [5.41, 5.74) is 0.638. The Morgan fingerprint density at radius 2 is 2.14 bits per heavy atom. The highest BCUT2D eigenvalue weighted by molar-refractivity contribution is 5.57. The Kier molecular flexibility index (Phi) is 5.71. The van der Waals surface area contributed by atoms with E-state index in [-0.39, 0.29) is 5.75 Å². The fraction of sp³-hybridized carbons (Fsp3) is 0.400. The number of ether oxygens (including phenoxy) is 2. The molecule has 6 heteroatoms. The molecule has 0 aliphatic carbocycles. The molecule has 1 aromatic carbocycles. The van der Waals surface area contributed by atoms with Gasteiger partial charge in [0.15, 0.2) is 23.2 Å². The summed E-state index contributed by atoms with van der Waals surface area (Å²) in [4.78, 5) is 4.19. The first kappa shape index (κ1) is 15.5. The molecule has 1 aromatic heterocycles. The third-order valence-corrected chi connectivity index (χ3v) is 2.99. The number of aromatic nitrogens is 1. The Labute approximate surface area is 123 Å². The van der Waals surface area contributed by atoms with E-state index in [2.05, 4.69) is 10.3 Å². The lowest BCUT2D eigenvalue weighted by molar-refractivity contribution is 0.199. The van der Waals surface area contributed by atoms with Crippen LogP contribution in [0.2, 0.25) is 0 Å². The molecule has 0 fully saturated rings. The molecule has 0 saturated carbocycles. The maximum atomic E-state index is 13.7. The van der Waals surface area contributed by atoms with Crippen LogP contribution in [0.4, 0.5) is 4.39 Å². The molecular weight excluding hydrogens is 275 g/mol. The fourth-order valence-electron chi connectivity index (χ4n) is 1.87. The minimum atomic E-state index is -0.422. The van der Waals surface area contributed by atoms with Gasteiger partial charge in [-0.25, -0.2) is 9.37 Å². The van der Waals surface area contributed by atoms with Gasteiger partial charge in [-0.3, -0.25) is 0 Å². The van der Waals surface area contributed by atoms with Crippen molar-refractivity contribution in [2.75, 3.05) is 33.9 Å². The molecule has 0 amide bonds. The number of methoxy groups -OCH3 is 2. The molecule has 0 radical (unpaired) electrons. The van der Waals surface area contributed by atoms with Gasteiger partial charge < -0.3 is 19.2 Å². The van der Waals surface area contributed by atoms with Crippen molar-refractivity contribution in [3.63, 3.8) is 0 Å². The zero-order chi connectivity index (χ0) is 15.1. The summed E-state index contributed by atoms with van der Waals surface area (Å²) in [6.07, 6.45) is 2.27. The second-order valence-corrected chi connectivity index (χ2v) is 4.46. The quantitative estimate of drug-likeness (QED) is 0.757. The molecule has 1 heterocycles. The zero-order valence-electron chi connectivity index (χ0n) is 12.2. The predicted molar refractivity (Wildman–Crippen MR) is 76.9 cm³/mol. The van der Waals surface area contributed by atoms with E-state index in [0.717, 1.165) is 13.1 Å². The molecule has 2 rings (SSSR count). The van der Waals surface area contributed by atoms with Gasteiger partial charge >= 0.3 is 0 Å². The van der Waals surface area contributed by atoms with Crippen LogP contribution in [0, 0.1) is 5.82 Å². The lowest BCUT2D eigenvalue weighted by Crippen LogP contribution is -2.21. The molecule has 5 nitrogen and oxygen atoms in total. The van der Waals surface area contributed by atoms with Crippen LogP contribution in [0.1, 0.15) is 5.89 Å². The van der Waals surface area contributed by atoms with Crippen molar-refractivity contribution in [2.45, 2.75) is 6.42 Å². The van der Waals surface area contributed by atoms with Crippen molar-refractivity contribution in [1.82, 2.24) is 10.3 Å². The van der Waals surface area contributed by atoms with E-state index in [9.17, 15) is 4.39 Å².